The van der Waals surface area contributed by atoms with Gasteiger partial charge in [-0.15, -0.1) is 11.3 Å². The van der Waals surface area contributed by atoms with E-state index in [0.29, 0.717) is 35.9 Å². The smallest absolute Gasteiger partial charge is 0.325 e. The van der Waals surface area contributed by atoms with Crippen LogP contribution in [-0.2, 0) is 25.7 Å². The standard InChI is InChI=1S/C21H24N4O5S/c1-3-24(14(2)26)21-23-16(13-31-21)12-30-19(28)11-22-20(29)15-6-8-17(9-7-15)25-10-4-5-18(25)27/h6-9,13H,3-5,10-12H2,1-2H3,(H,22,29). The molecule has 0 aliphatic carbocycles. The van der Waals surface area contributed by atoms with E-state index >= 15 is 0 Å². The van der Waals surface area contributed by atoms with Crippen molar-refractivity contribution in [1.82, 2.24) is 10.3 Å². The van der Waals surface area contributed by atoms with Crippen molar-refractivity contribution in [1.29, 1.82) is 0 Å². The Morgan fingerprint density at radius 1 is 1.26 bits per heavy atom. The third-order valence-electron chi connectivity index (χ3n) is 4.76. The predicted molar refractivity (Wildman–Crippen MR) is 116 cm³/mol. The molecule has 1 aromatic carbocycles. The minimum Gasteiger partial charge on any atom is -0.458 e. The van der Waals surface area contributed by atoms with Crippen LogP contribution in [0.25, 0.3) is 0 Å². The number of ether oxygens (including phenoxy) is 1. The summed E-state index contributed by atoms with van der Waals surface area (Å²) in [5.41, 5.74) is 1.68. The number of thiazole rings is 1. The van der Waals surface area contributed by atoms with Crippen LogP contribution in [0.15, 0.2) is 29.6 Å². The summed E-state index contributed by atoms with van der Waals surface area (Å²) in [5.74, 6) is -1.03. The largest absolute Gasteiger partial charge is 0.458 e. The van der Waals surface area contributed by atoms with E-state index in [9.17, 15) is 19.2 Å². The van der Waals surface area contributed by atoms with Crippen molar-refractivity contribution in [3.05, 3.63) is 40.9 Å². The molecule has 0 spiro atoms. The fourth-order valence-electron chi connectivity index (χ4n) is 3.15. The second kappa shape index (κ2) is 10.2. The number of hydrogen-bond donors (Lipinski definition) is 1. The molecule has 0 unspecified atom stereocenters. The zero-order valence-corrected chi connectivity index (χ0v) is 18.2. The number of anilines is 2. The van der Waals surface area contributed by atoms with E-state index in [4.69, 9.17) is 4.74 Å². The Balaban J connectivity index is 1.45. The van der Waals surface area contributed by atoms with Crippen LogP contribution in [0.3, 0.4) is 0 Å². The second-order valence-electron chi connectivity index (χ2n) is 6.92. The average Bonchev–Trinajstić information content (AvgIpc) is 3.40. The maximum Gasteiger partial charge on any atom is 0.325 e. The van der Waals surface area contributed by atoms with E-state index < -0.39 is 11.9 Å². The summed E-state index contributed by atoms with van der Waals surface area (Å²) >= 11 is 1.30. The Labute approximate surface area is 184 Å². The van der Waals surface area contributed by atoms with Crippen molar-refractivity contribution >= 4 is 45.8 Å². The van der Waals surface area contributed by atoms with Crippen LogP contribution in [0.4, 0.5) is 10.8 Å². The van der Waals surface area contributed by atoms with Gasteiger partial charge < -0.3 is 15.0 Å². The molecule has 1 N–H and O–H groups in total. The molecule has 2 aromatic rings. The molecule has 1 aromatic heterocycles. The molecule has 0 bridgehead atoms. The first-order valence-corrected chi connectivity index (χ1v) is 10.8. The van der Waals surface area contributed by atoms with Gasteiger partial charge >= 0.3 is 5.97 Å². The fourth-order valence-corrected chi connectivity index (χ4v) is 4.07. The lowest BCUT2D eigenvalue weighted by molar-refractivity contribution is -0.143. The van der Waals surface area contributed by atoms with Crippen LogP contribution >= 0.6 is 11.3 Å². The first-order valence-electron chi connectivity index (χ1n) is 9.95. The van der Waals surface area contributed by atoms with E-state index in [2.05, 4.69) is 10.3 Å². The van der Waals surface area contributed by atoms with Gasteiger partial charge in [0.15, 0.2) is 5.13 Å². The fraction of sp³-hybridized carbons (Fsp3) is 0.381. The summed E-state index contributed by atoms with van der Waals surface area (Å²) in [6.45, 7) is 4.18. The highest BCUT2D eigenvalue weighted by molar-refractivity contribution is 7.14. The predicted octanol–water partition coefficient (Wildman–Crippen LogP) is 2.12. The lowest BCUT2D eigenvalue weighted by Crippen LogP contribution is -2.30. The number of carbonyl (C=O) groups is 4. The van der Waals surface area contributed by atoms with Gasteiger partial charge in [0, 0.05) is 43.1 Å². The summed E-state index contributed by atoms with van der Waals surface area (Å²) < 4.78 is 5.14. The maximum absolute atomic E-state index is 12.2. The lowest BCUT2D eigenvalue weighted by atomic mass is 10.2. The zero-order valence-electron chi connectivity index (χ0n) is 17.4. The summed E-state index contributed by atoms with van der Waals surface area (Å²) in [7, 11) is 0. The summed E-state index contributed by atoms with van der Waals surface area (Å²) in [6.07, 6.45) is 1.37. The monoisotopic (exact) mass is 444 g/mol. The van der Waals surface area contributed by atoms with E-state index in [-0.39, 0.29) is 25.0 Å². The van der Waals surface area contributed by atoms with Crippen molar-refractivity contribution in [2.75, 3.05) is 29.4 Å². The van der Waals surface area contributed by atoms with Gasteiger partial charge in [0.1, 0.15) is 13.2 Å². The highest BCUT2D eigenvalue weighted by atomic mass is 32.1. The molecule has 164 valence electrons. The van der Waals surface area contributed by atoms with Gasteiger partial charge in [0.05, 0.1) is 5.69 Å². The molecule has 0 atom stereocenters. The van der Waals surface area contributed by atoms with Gasteiger partial charge in [0.2, 0.25) is 11.8 Å². The number of esters is 1. The van der Waals surface area contributed by atoms with E-state index in [1.54, 1.807) is 34.5 Å². The highest BCUT2D eigenvalue weighted by Crippen LogP contribution is 2.22. The molecule has 1 aliphatic rings. The third kappa shape index (κ3) is 5.66. The van der Waals surface area contributed by atoms with Gasteiger partial charge in [-0.3, -0.25) is 24.1 Å². The van der Waals surface area contributed by atoms with Gasteiger partial charge in [-0.05, 0) is 37.6 Å². The minimum atomic E-state index is -0.596. The quantitative estimate of drug-likeness (QED) is 0.625. The Morgan fingerprint density at radius 2 is 2.00 bits per heavy atom. The molecule has 1 fully saturated rings. The molecule has 0 saturated carbocycles. The number of nitrogens with one attached hydrogen (secondary N) is 1. The first kappa shape index (κ1) is 22.4. The molecule has 9 nitrogen and oxygen atoms in total. The molecule has 2 heterocycles. The second-order valence-corrected chi connectivity index (χ2v) is 7.76. The number of benzene rings is 1. The number of rotatable bonds is 8. The van der Waals surface area contributed by atoms with Crippen LogP contribution in [0.1, 0.15) is 42.7 Å². The van der Waals surface area contributed by atoms with E-state index in [1.807, 2.05) is 6.92 Å². The molecule has 10 heteroatoms. The number of hydrogen-bond acceptors (Lipinski definition) is 7. The number of nitrogens with zero attached hydrogens (tertiary/aromatic N) is 3. The molecule has 3 amide bonds. The van der Waals surface area contributed by atoms with Crippen LogP contribution in [0, 0.1) is 0 Å². The molecule has 0 radical (unpaired) electrons. The third-order valence-corrected chi connectivity index (χ3v) is 5.67. The number of carbonyl (C=O) groups excluding carboxylic acids is 4. The molecule has 31 heavy (non-hydrogen) atoms. The van der Waals surface area contributed by atoms with Crippen LogP contribution < -0.4 is 15.1 Å². The molecular formula is C21H24N4O5S. The van der Waals surface area contributed by atoms with Crippen molar-refractivity contribution < 1.29 is 23.9 Å². The Bertz CT molecular complexity index is 972. The van der Waals surface area contributed by atoms with Crippen molar-refractivity contribution in [3.63, 3.8) is 0 Å². The maximum atomic E-state index is 12.2. The Kier molecular flexibility index (Phi) is 7.35. The lowest BCUT2D eigenvalue weighted by Gasteiger charge is -2.15. The van der Waals surface area contributed by atoms with Gasteiger partial charge in [-0.25, -0.2) is 4.98 Å². The SMILES string of the molecule is CCN(C(C)=O)c1nc(COC(=O)CNC(=O)c2ccc(N3CCCC3=O)cc2)cs1. The van der Waals surface area contributed by atoms with E-state index in [0.717, 1.165) is 12.1 Å². The Morgan fingerprint density at radius 3 is 2.61 bits per heavy atom. The Hall–Kier alpha value is -3.27. The summed E-state index contributed by atoms with van der Waals surface area (Å²) in [6, 6.07) is 6.67. The van der Waals surface area contributed by atoms with E-state index in [1.165, 1.54) is 23.2 Å². The van der Waals surface area contributed by atoms with Crippen molar-refractivity contribution in [2.45, 2.75) is 33.3 Å². The van der Waals surface area contributed by atoms with Gasteiger partial charge in [0.25, 0.3) is 5.91 Å². The van der Waals surface area contributed by atoms with Crippen LogP contribution in [0.2, 0.25) is 0 Å². The van der Waals surface area contributed by atoms with Crippen molar-refractivity contribution in [2.24, 2.45) is 0 Å². The molecule has 3 rings (SSSR count). The topological polar surface area (TPSA) is 109 Å². The molecule has 1 aliphatic heterocycles. The minimum absolute atomic E-state index is 0.0424. The first-order chi connectivity index (χ1) is 14.9. The van der Waals surface area contributed by atoms with Crippen LogP contribution in [-0.4, -0.2) is 48.3 Å². The molecule has 1 saturated heterocycles. The molecular weight excluding hydrogens is 420 g/mol. The summed E-state index contributed by atoms with van der Waals surface area (Å²) in [5, 5.41) is 4.79. The highest BCUT2D eigenvalue weighted by Gasteiger charge is 2.21. The van der Waals surface area contributed by atoms with Crippen molar-refractivity contribution in [3.8, 4) is 0 Å². The normalized spacial score (nSPS) is 13.2. The summed E-state index contributed by atoms with van der Waals surface area (Å²) in [4.78, 5) is 55.1. The number of aromatic nitrogens is 1. The van der Waals surface area contributed by atoms with Gasteiger partial charge in [-0.2, -0.15) is 0 Å². The zero-order chi connectivity index (χ0) is 22.4. The number of amides is 3. The average molecular weight is 445 g/mol. The van der Waals surface area contributed by atoms with Crippen LogP contribution in [0.5, 0.6) is 0 Å². The van der Waals surface area contributed by atoms with Gasteiger partial charge in [-0.1, -0.05) is 0 Å².